The highest BCUT2D eigenvalue weighted by molar-refractivity contribution is 7.89. The summed E-state index contributed by atoms with van der Waals surface area (Å²) in [6.45, 7) is 4.51. The molecule has 0 spiro atoms. The SMILES string of the molecule is CCOc1ccc(S(=O)(=O)N2CCCCC2C(=O)NC)c(C)c1. The zero-order chi connectivity index (χ0) is 17.0. The van der Waals surface area contributed by atoms with Gasteiger partial charge >= 0.3 is 0 Å². The summed E-state index contributed by atoms with van der Waals surface area (Å²) in [6, 6.07) is 4.30. The minimum atomic E-state index is -3.71. The van der Waals surface area contributed by atoms with Crippen LogP contribution in [0, 0.1) is 6.92 Å². The summed E-state index contributed by atoms with van der Waals surface area (Å²) >= 11 is 0. The van der Waals surface area contributed by atoms with Crippen molar-refractivity contribution in [3.63, 3.8) is 0 Å². The second kappa shape index (κ2) is 7.31. The van der Waals surface area contributed by atoms with E-state index in [1.165, 1.54) is 11.4 Å². The van der Waals surface area contributed by atoms with E-state index < -0.39 is 16.1 Å². The third kappa shape index (κ3) is 3.67. The second-order valence-corrected chi connectivity index (χ2v) is 7.46. The zero-order valence-electron chi connectivity index (χ0n) is 13.8. The number of nitrogens with zero attached hydrogens (tertiary/aromatic N) is 1. The first-order valence-corrected chi connectivity index (χ1v) is 9.32. The van der Waals surface area contributed by atoms with Crippen molar-refractivity contribution in [1.82, 2.24) is 9.62 Å². The number of hydrogen-bond donors (Lipinski definition) is 1. The minimum absolute atomic E-state index is 0.233. The van der Waals surface area contributed by atoms with E-state index in [2.05, 4.69) is 5.32 Å². The molecule has 7 heteroatoms. The molecule has 2 rings (SSSR count). The smallest absolute Gasteiger partial charge is 0.244 e. The Labute approximate surface area is 137 Å². The van der Waals surface area contributed by atoms with Crippen LogP contribution < -0.4 is 10.1 Å². The van der Waals surface area contributed by atoms with Crippen LogP contribution in [0.3, 0.4) is 0 Å². The monoisotopic (exact) mass is 340 g/mol. The maximum atomic E-state index is 13.0. The number of hydrogen-bond acceptors (Lipinski definition) is 4. The summed E-state index contributed by atoms with van der Waals surface area (Å²) in [5.41, 5.74) is 0.622. The number of benzene rings is 1. The van der Waals surface area contributed by atoms with Gasteiger partial charge in [-0.15, -0.1) is 0 Å². The average Bonchev–Trinajstić information content (AvgIpc) is 2.54. The number of piperidine rings is 1. The van der Waals surface area contributed by atoms with Crippen molar-refractivity contribution in [2.45, 2.75) is 44.0 Å². The molecular weight excluding hydrogens is 316 g/mol. The van der Waals surface area contributed by atoms with Crippen LogP contribution in [0.2, 0.25) is 0 Å². The molecule has 0 aromatic heterocycles. The summed E-state index contributed by atoms with van der Waals surface area (Å²) in [7, 11) is -2.18. The van der Waals surface area contributed by atoms with Crippen molar-refractivity contribution in [1.29, 1.82) is 0 Å². The second-order valence-electron chi connectivity index (χ2n) is 5.60. The van der Waals surface area contributed by atoms with E-state index in [0.29, 0.717) is 30.9 Å². The average molecular weight is 340 g/mol. The fraction of sp³-hybridized carbons (Fsp3) is 0.562. The van der Waals surface area contributed by atoms with E-state index in [0.717, 1.165) is 12.8 Å². The van der Waals surface area contributed by atoms with Crippen LogP contribution in [0.1, 0.15) is 31.7 Å². The van der Waals surface area contributed by atoms with Crippen LogP contribution in [0.4, 0.5) is 0 Å². The number of amides is 1. The largest absolute Gasteiger partial charge is 0.494 e. The van der Waals surface area contributed by atoms with Crippen molar-refractivity contribution >= 4 is 15.9 Å². The molecule has 6 nitrogen and oxygen atoms in total. The molecule has 1 fully saturated rings. The number of sulfonamides is 1. The Morgan fingerprint density at radius 2 is 2.13 bits per heavy atom. The maximum Gasteiger partial charge on any atom is 0.244 e. The molecule has 0 bridgehead atoms. The molecule has 23 heavy (non-hydrogen) atoms. The predicted molar refractivity (Wildman–Crippen MR) is 87.9 cm³/mol. The summed E-state index contributed by atoms with van der Waals surface area (Å²) in [5, 5.41) is 2.56. The van der Waals surface area contributed by atoms with Gasteiger partial charge in [0, 0.05) is 13.6 Å². The van der Waals surface area contributed by atoms with Gasteiger partial charge in [0.2, 0.25) is 15.9 Å². The summed E-state index contributed by atoms with van der Waals surface area (Å²) < 4.78 is 32.8. The highest BCUT2D eigenvalue weighted by Crippen LogP contribution is 2.29. The molecule has 1 aromatic rings. The first-order valence-electron chi connectivity index (χ1n) is 7.88. The number of aryl methyl sites for hydroxylation is 1. The van der Waals surface area contributed by atoms with Gasteiger partial charge < -0.3 is 10.1 Å². The van der Waals surface area contributed by atoms with E-state index in [9.17, 15) is 13.2 Å². The predicted octanol–water partition coefficient (Wildman–Crippen LogP) is 1.68. The molecular formula is C16H24N2O4S. The van der Waals surface area contributed by atoms with E-state index in [1.54, 1.807) is 25.1 Å². The van der Waals surface area contributed by atoms with Crippen LogP contribution in [0.5, 0.6) is 5.75 Å². The molecule has 1 atom stereocenters. The lowest BCUT2D eigenvalue weighted by Gasteiger charge is -2.33. The summed E-state index contributed by atoms with van der Waals surface area (Å²) in [6.07, 6.45) is 2.17. The molecule has 1 heterocycles. The standard InChI is InChI=1S/C16H24N2O4S/c1-4-22-13-8-9-15(12(2)11-13)23(20,21)18-10-6-5-7-14(18)16(19)17-3/h8-9,11,14H,4-7,10H2,1-3H3,(H,17,19). The molecule has 1 aliphatic rings. The Kier molecular flexibility index (Phi) is 5.64. The van der Waals surface area contributed by atoms with Crippen LogP contribution in [0.15, 0.2) is 23.1 Å². The normalized spacial score (nSPS) is 19.3. The van der Waals surface area contributed by atoms with E-state index in [1.807, 2.05) is 6.92 Å². The Balaban J connectivity index is 2.38. The topological polar surface area (TPSA) is 75.7 Å². The number of likely N-dealkylation sites (N-methyl/N-ethyl adjacent to an activating group) is 1. The lowest BCUT2D eigenvalue weighted by Crippen LogP contribution is -2.51. The lowest BCUT2D eigenvalue weighted by atomic mass is 10.0. The zero-order valence-corrected chi connectivity index (χ0v) is 14.6. The van der Waals surface area contributed by atoms with Gasteiger partial charge in [-0.25, -0.2) is 8.42 Å². The Morgan fingerprint density at radius 3 is 2.74 bits per heavy atom. The van der Waals surface area contributed by atoms with Gasteiger partial charge in [0.25, 0.3) is 0 Å². The van der Waals surface area contributed by atoms with E-state index in [-0.39, 0.29) is 10.8 Å². The fourth-order valence-electron chi connectivity index (χ4n) is 2.92. The summed E-state index contributed by atoms with van der Waals surface area (Å²) in [4.78, 5) is 12.3. The van der Waals surface area contributed by atoms with Gasteiger partial charge in [0.15, 0.2) is 0 Å². The molecule has 1 amide bonds. The Morgan fingerprint density at radius 1 is 1.39 bits per heavy atom. The first kappa shape index (κ1) is 17.7. The Bertz CT molecular complexity index is 673. The number of carbonyl (C=O) groups excluding carboxylic acids is 1. The lowest BCUT2D eigenvalue weighted by molar-refractivity contribution is -0.125. The molecule has 1 aliphatic heterocycles. The van der Waals surface area contributed by atoms with Gasteiger partial charge in [-0.3, -0.25) is 4.79 Å². The molecule has 1 unspecified atom stereocenters. The number of rotatable bonds is 5. The molecule has 128 valence electrons. The summed E-state index contributed by atoms with van der Waals surface area (Å²) in [5.74, 6) is 0.391. The molecule has 1 saturated heterocycles. The highest BCUT2D eigenvalue weighted by Gasteiger charge is 2.37. The molecule has 0 saturated carbocycles. The minimum Gasteiger partial charge on any atom is -0.494 e. The van der Waals surface area contributed by atoms with Gasteiger partial charge in [0.05, 0.1) is 11.5 Å². The molecule has 0 aliphatic carbocycles. The third-order valence-electron chi connectivity index (χ3n) is 4.05. The van der Waals surface area contributed by atoms with Crippen molar-refractivity contribution in [3.05, 3.63) is 23.8 Å². The third-order valence-corrected chi connectivity index (χ3v) is 6.12. The van der Waals surface area contributed by atoms with Crippen molar-refractivity contribution in [2.24, 2.45) is 0 Å². The van der Waals surface area contributed by atoms with Crippen LogP contribution in [-0.4, -0.2) is 44.9 Å². The van der Waals surface area contributed by atoms with Gasteiger partial charge in [-0.05, 0) is 50.5 Å². The fourth-order valence-corrected chi connectivity index (χ4v) is 4.78. The van der Waals surface area contributed by atoms with Crippen molar-refractivity contribution in [2.75, 3.05) is 20.2 Å². The molecule has 0 radical (unpaired) electrons. The Hall–Kier alpha value is -1.60. The van der Waals surface area contributed by atoms with Gasteiger partial charge in [0.1, 0.15) is 11.8 Å². The van der Waals surface area contributed by atoms with Crippen LogP contribution >= 0.6 is 0 Å². The van der Waals surface area contributed by atoms with E-state index >= 15 is 0 Å². The van der Waals surface area contributed by atoms with Crippen molar-refractivity contribution < 1.29 is 17.9 Å². The maximum absolute atomic E-state index is 13.0. The van der Waals surface area contributed by atoms with E-state index in [4.69, 9.17) is 4.74 Å². The number of carbonyl (C=O) groups is 1. The van der Waals surface area contributed by atoms with Crippen LogP contribution in [-0.2, 0) is 14.8 Å². The van der Waals surface area contributed by atoms with Gasteiger partial charge in [-0.1, -0.05) is 6.42 Å². The molecule has 1 N–H and O–H groups in total. The van der Waals surface area contributed by atoms with Crippen LogP contribution in [0.25, 0.3) is 0 Å². The quantitative estimate of drug-likeness (QED) is 0.885. The van der Waals surface area contributed by atoms with Crippen molar-refractivity contribution in [3.8, 4) is 5.75 Å². The first-order chi connectivity index (χ1) is 10.9. The molecule has 1 aromatic carbocycles. The number of ether oxygens (including phenoxy) is 1. The van der Waals surface area contributed by atoms with Gasteiger partial charge in [-0.2, -0.15) is 4.31 Å². The highest BCUT2D eigenvalue weighted by atomic mass is 32.2. The number of nitrogens with one attached hydrogen (secondary N) is 1.